The van der Waals surface area contributed by atoms with Crippen LogP contribution in [0, 0.1) is 0 Å². The number of thiazole rings is 1. The highest BCUT2D eigenvalue weighted by Gasteiger charge is 2.28. The number of benzene rings is 2. The van der Waals surface area contributed by atoms with E-state index in [0.717, 1.165) is 29.1 Å². The summed E-state index contributed by atoms with van der Waals surface area (Å²) in [5.41, 5.74) is 8.66. The van der Waals surface area contributed by atoms with Crippen molar-refractivity contribution in [2.45, 2.75) is 25.0 Å². The van der Waals surface area contributed by atoms with E-state index in [1.165, 1.54) is 10.3 Å². The van der Waals surface area contributed by atoms with Crippen LogP contribution in [0.4, 0.5) is 0 Å². The maximum Gasteiger partial charge on any atom is 0.123 e. The smallest absolute Gasteiger partial charge is 0.123 e. The average Bonchev–Trinajstić information content (AvgIpc) is 3.10. The summed E-state index contributed by atoms with van der Waals surface area (Å²) in [6.07, 6.45) is 1.70. The Morgan fingerprint density at radius 1 is 1.19 bits per heavy atom. The fraction of sp³-hybridized carbons (Fsp3) is 0.235. The van der Waals surface area contributed by atoms with Crippen molar-refractivity contribution in [2.24, 2.45) is 5.73 Å². The summed E-state index contributed by atoms with van der Waals surface area (Å²) in [5, 5.41) is 1.09. The van der Waals surface area contributed by atoms with E-state index in [1.807, 2.05) is 36.4 Å². The third kappa shape index (κ3) is 2.41. The standard InChI is InChI=1S/C17H16N2OS/c18-12(15-9-11-5-1-3-7-14(11)20-15)10-17-19-13-6-2-4-8-16(13)21-17/h1-8,12,15H,9-10,18H2. The molecular formula is C17H16N2OS. The summed E-state index contributed by atoms with van der Waals surface area (Å²) >= 11 is 1.72. The number of hydrogen-bond acceptors (Lipinski definition) is 4. The van der Waals surface area contributed by atoms with Crippen LogP contribution in [0.2, 0.25) is 0 Å². The minimum Gasteiger partial charge on any atom is -0.488 e. The Hall–Kier alpha value is -1.91. The lowest BCUT2D eigenvalue weighted by molar-refractivity contribution is 0.198. The Labute approximate surface area is 127 Å². The van der Waals surface area contributed by atoms with Crippen molar-refractivity contribution in [3.63, 3.8) is 0 Å². The molecule has 21 heavy (non-hydrogen) atoms. The van der Waals surface area contributed by atoms with Crippen LogP contribution in [0.3, 0.4) is 0 Å². The summed E-state index contributed by atoms with van der Waals surface area (Å²) in [6.45, 7) is 0. The van der Waals surface area contributed by atoms with Gasteiger partial charge in [-0.25, -0.2) is 4.98 Å². The Balaban J connectivity index is 1.50. The molecular weight excluding hydrogens is 280 g/mol. The highest BCUT2D eigenvalue weighted by molar-refractivity contribution is 7.18. The van der Waals surface area contributed by atoms with Gasteiger partial charge in [-0.3, -0.25) is 0 Å². The van der Waals surface area contributed by atoms with E-state index < -0.39 is 0 Å². The van der Waals surface area contributed by atoms with E-state index in [9.17, 15) is 0 Å². The topological polar surface area (TPSA) is 48.1 Å². The first kappa shape index (κ1) is 12.8. The second-order valence-electron chi connectivity index (χ2n) is 5.41. The number of fused-ring (bicyclic) bond motifs is 2. The minimum absolute atomic E-state index is 0.0297. The van der Waals surface area contributed by atoms with Crippen LogP contribution < -0.4 is 10.5 Å². The van der Waals surface area contributed by atoms with Gasteiger partial charge in [-0.1, -0.05) is 30.3 Å². The van der Waals surface area contributed by atoms with E-state index >= 15 is 0 Å². The van der Waals surface area contributed by atoms with E-state index in [-0.39, 0.29) is 12.1 Å². The fourth-order valence-corrected chi connectivity index (χ4v) is 3.83. The number of rotatable bonds is 3. The van der Waals surface area contributed by atoms with Crippen molar-refractivity contribution in [1.82, 2.24) is 4.98 Å². The summed E-state index contributed by atoms with van der Waals surface area (Å²) < 4.78 is 7.18. The minimum atomic E-state index is -0.0297. The zero-order valence-corrected chi connectivity index (χ0v) is 12.3. The van der Waals surface area contributed by atoms with Gasteiger partial charge >= 0.3 is 0 Å². The second-order valence-corrected chi connectivity index (χ2v) is 6.53. The molecule has 2 unspecified atom stereocenters. The van der Waals surface area contributed by atoms with Gasteiger partial charge in [0.2, 0.25) is 0 Å². The molecule has 0 saturated heterocycles. The lowest BCUT2D eigenvalue weighted by Crippen LogP contribution is -2.39. The van der Waals surface area contributed by atoms with Crippen molar-refractivity contribution in [3.05, 3.63) is 59.1 Å². The Morgan fingerprint density at radius 2 is 2.00 bits per heavy atom. The number of ether oxygens (including phenoxy) is 1. The van der Waals surface area contributed by atoms with Crippen LogP contribution in [-0.4, -0.2) is 17.1 Å². The first-order valence-corrected chi connectivity index (χ1v) is 7.96. The Bertz CT molecular complexity index is 725. The normalized spacial score (nSPS) is 18.4. The summed E-state index contributed by atoms with van der Waals surface area (Å²) in [5.74, 6) is 0.974. The largest absolute Gasteiger partial charge is 0.488 e. The lowest BCUT2D eigenvalue weighted by atomic mass is 10.0. The molecule has 2 atom stereocenters. The molecule has 1 aliphatic rings. The van der Waals surface area contributed by atoms with Crippen molar-refractivity contribution in [2.75, 3.05) is 0 Å². The van der Waals surface area contributed by atoms with Gasteiger partial charge in [-0.2, -0.15) is 0 Å². The van der Waals surface area contributed by atoms with Gasteiger partial charge in [0.1, 0.15) is 11.9 Å². The molecule has 0 fully saturated rings. The summed E-state index contributed by atoms with van der Waals surface area (Å²) in [4.78, 5) is 4.66. The van der Waals surface area contributed by atoms with Crippen LogP contribution in [0.5, 0.6) is 5.75 Å². The van der Waals surface area contributed by atoms with Crippen LogP contribution in [0.1, 0.15) is 10.6 Å². The van der Waals surface area contributed by atoms with E-state index in [2.05, 4.69) is 17.1 Å². The first-order chi connectivity index (χ1) is 10.3. The van der Waals surface area contributed by atoms with Gasteiger partial charge < -0.3 is 10.5 Å². The van der Waals surface area contributed by atoms with Crippen LogP contribution in [-0.2, 0) is 12.8 Å². The molecule has 0 bridgehead atoms. The molecule has 2 N–H and O–H groups in total. The zero-order chi connectivity index (χ0) is 14.2. The number of nitrogens with zero attached hydrogens (tertiary/aromatic N) is 1. The molecule has 4 rings (SSSR count). The van der Waals surface area contributed by atoms with Gasteiger partial charge in [0, 0.05) is 18.9 Å². The molecule has 1 aliphatic heterocycles. The maximum absolute atomic E-state index is 6.35. The average molecular weight is 296 g/mol. The monoisotopic (exact) mass is 296 g/mol. The third-order valence-electron chi connectivity index (χ3n) is 3.90. The van der Waals surface area contributed by atoms with Gasteiger partial charge in [-0.05, 0) is 23.8 Å². The molecule has 1 aromatic heterocycles. The van der Waals surface area contributed by atoms with Crippen LogP contribution in [0.25, 0.3) is 10.2 Å². The third-order valence-corrected chi connectivity index (χ3v) is 4.96. The predicted octanol–water partition coefficient (Wildman–Crippen LogP) is 3.17. The van der Waals surface area contributed by atoms with Crippen LogP contribution in [0.15, 0.2) is 48.5 Å². The highest BCUT2D eigenvalue weighted by atomic mass is 32.1. The van der Waals surface area contributed by atoms with Gasteiger partial charge in [0.25, 0.3) is 0 Å². The quantitative estimate of drug-likeness (QED) is 0.807. The van der Waals surface area contributed by atoms with Gasteiger partial charge in [0.15, 0.2) is 0 Å². The lowest BCUT2D eigenvalue weighted by Gasteiger charge is -2.17. The van der Waals surface area contributed by atoms with Crippen molar-refractivity contribution in [1.29, 1.82) is 0 Å². The molecule has 0 amide bonds. The van der Waals surface area contributed by atoms with E-state index in [1.54, 1.807) is 11.3 Å². The number of nitrogens with two attached hydrogens (primary N) is 1. The Morgan fingerprint density at radius 3 is 2.86 bits per heavy atom. The molecule has 0 saturated carbocycles. The predicted molar refractivity (Wildman–Crippen MR) is 85.9 cm³/mol. The molecule has 2 heterocycles. The molecule has 4 heteroatoms. The summed E-state index contributed by atoms with van der Waals surface area (Å²) in [6, 6.07) is 16.3. The SMILES string of the molecule is NC(Cc1nc2ccccc2s1)C1Cc2ccccc2O1. The number of aromatic nitrogens is 1. The van der Waals surface area contributed by atoms with E-state index in [4.69, 9.17) is 10.5 Å². The summed E-state index contributed by atoms with van der Waals surface area (Å²) in [7, 11) is 0. The maximum atomic E-state index is 6.35. The Kier molecular flexibility index (Phi) is 3.13. The molecule has 3 aromatic rings. The van der Waals surface area contributed by atoms with E-state index in [0.29, 0.717) is 0 Å². The second kappa shape index (κ2) is 5.13. The molecule has 0 radical (unpaired) electrons. The number of hydrogen-bond donors (Lipinski definition) is 1. The fourth-order valence-electron chi connectivity index (χ4n) is 2.79. The van der Waals surface area contributed by atoms with Crippen LogP contribution >= 0.6 is 11.3 Å². The molecule has 0 spiro atoms. The van der Waals surface area contributed by atoms with Gasteiger partial charge in [0.05, 0.1) is 15.2 Å². The molecule has 3 nitrogen and oxygen atoms in total. The molecule has 2 aromatic carbocycles. The molecule has 106 valence electrons. The first-order valence-electron chi connectivity index (χ1n) is 7.14. The molecule has 0 aliphatic carbocycles. The highest BCUT2D eigenvalue weighted by Crippen LogP contribution is 2.30. The van der Waals surface area contributed by atoms with Gasteiger partial charge in [-0.15, -0.1) is 11.3 Å². The number of para-hydroxylation sites is 2. The zero-order valence-electron chi connectivity index (χ0n) is 11.5. The van der Waals surface area contributed by atoms with Crippen molar-refractivity contribution < 1.29 is 4.74 Å². The van der Waals surface area contributed by atoms with Crippen molar-refractivity contribution in [3.8, 4) is 5.75 Å². The van der Waals surface area contributed by atoms with Crippen molar-refractivity contribution >= 4 is 21.6 Å².